The maximum Gasteiger partial charge on any atom is 0.000791 e. The summed E-state index contributed by atoms with van der Waals surface area (Å²) in [5, 5.41) is 3.60. The Balaban J connectivity index is 1.98. The average Bonchev–Trinajstić information content (AvgIpc) is 2.30. The molecule has 12 heavy (non-hydrogen) atoms. The van der Waals surface area contributed by atoms with Crippen LogP contribution >= 0.6 is 0 Å². The van der Waals surface area contributed by atoms with Crippen molar-refractivity contribution in [3.8, 4) is 0 Å². The van der Waals surface area contributed by atoms with Crippen molar-refractivity contribution >= 4 is 0 Å². The first-order valence-corrected chi connectivity index (χ1v) is 5.52. The van der Waals surface area contributed by atoms with E-state index >= 15 is 0 Å². The molecule has 0 radical (unpaired) electrons. The van der Waals surface area contributed by atoms with Gasteiger partial charge in [0.1, 0.15) is 0 Å². The lowest BCUT2D eigenvalue weighted by Crippen LogP contribution is -2.30. The zero-order valence-electron chi connectivity index (χ0n) is 8.23. The minimum Gasteiger partial charge on any atom is -0.316 e. The summed E-state index contributed by atoms with van der Waals surface area (Å²) in [6.07, 6.45) is 8.79. The second-order valence-corrected chi connectivity index (χ2v) is 4.98. The van der Waals surface area contributed by atoms with Crippen molar-refractivity contribution in [2.75, 3.05) is 13.1 Å². The standard InChI is InChI=1S/C11H21N/c1-10-4-6-11(8-10)5-2-3-7-12-9-11/h10,12H,2-9H2,1H3/t10-,11-/m1/s1. The molecule has 2 atom stereocenters. The van der Waals surface area contributed by atoms with Crippen LogP contribution in [0.5, 0.6) is 0 Å². The fraction of sp³-hybridized carbons (Fsp3) is 1.00. The Morgan fingerprint density at radius 1 is 1.25 bits per heavy atom. The van der Waals surface area contributed by atoms with E-state index in [1.54, 1.807) is 0 Å². The molecular formula is C11H21N. The van der Waals surface area contributed by atoms with Crippen LogP contribution in [0.1, 0.15) is 45.4 Å². The van der Waals surface area contributed by atoms with Crippen LogP contribution in [0.2, 0.25) is 0 Å². The fourth-order valence-electron chi connectivity index (χ4n) is 3.08. The highest BCUT2D eigenvalue weighted by Gasteiger charge is 2.37. The van der Waals surface area contributed by atoms with Gasteiger partial charge in [0.25, 0.3) is 0 Å². The molecule has 1 spiro atoms. The van der Waals surface area contributed by atoms with Crippen LogP contribution in [0.4, 0.5) is 0 Å². The van der Waals surface area contributed by atoms with E-state index in [0.717, 1.165) is 11.3 Å². The largest absolute Gasteiger partial charge is 0.316 e. The lowest BCUT2D eigenvalue weighted by Gasteiger charge is -2.27. The molecule has 0 aromatic rings. The molecule has 2 aliphatic rings. The van der Waals surface area contributed by atoms with Crippen molar-refractivity contribution in [1.29, 1.82) is 0 Å². The van der Waals surface area contributed by atoms with Gasteiger partial charge in [-0.3, -0.25) is 0 Å². The van der Waals surface area contributed by atoms with E-state index in [9.17, 15) is 0 Å². The maximum atomic E-state index is 3.60. The minimum absolute atomic E-state index is 0.718. The maximum absolute atomic E-state index is 3.60. The Labute approximate surface area is 75.9 Å². The number of nitrogens with one attached hydrogen (secondary N) is 1. The van der Waals surface area contributed by atoms with Crippen LogP contribution in [0.15, 0.2) is 0 Å². The number of rotatable bonds is 0. The Morgan fingerprint density at radius 3 is 2.92 bits per heavy atom. The molecule has 0 unspecified atom stereocenters. The van der Waals surface area contributed by atoms with Gasteiger partial charge in [-0.15, -0.1) is 0 Å². The number of hydrogen-bond acceptors (Lipinski definition) is 1. The van der Waals surface area contributed by atoms with Gasteiger partial charge in [-0.05, 0) is 43.6 Å². The van der Waals surface area contributed by atoms with Crippen molar-refractivity contribution in [1.82, 2.24) is 5.32 Å². The summed E-state index contributed by atoms with van der Waals surface area (Å²) in [7, 11) is 0. The quantitative estimate of drug-likeness (QED) is 0.584. The summed E-state index contributed by atoms with van der Waals surface area (Å²) in [5.74, 6) is 0.991. The molecule has 0 aromatic heterocycles. The first-order valence-electron chi connectivity index (χ1n) is 5.52. The van der Waals surface area contributed by atoms with Crippen molar-refractivity contribution in [3.63, 3.8) is 0 Å². The molecule has 1 N–H and O–H groups in total. The van der Waals surface area contributed by atoms with Gasteiger partial charge >= 0.3 is 0 Å². The molecule has 1 saturated carbocycles. The molecule has 1 heteroatoms. The Hall–Kier alpha value is -0.0400. The normalized spacial score (nSPS) is 43.2. The highest BCUT2D eigenvalue weighted by Crippen LogP contribution is 2.45. The van der Waals surface area contributed by atoms with Crippen molar-refractivity contribution in [2.24, 2.45) is 11.3 Å². The van der Waals surface area contributed by atoms with Gasteiger partial charge in [0.2, 0.25) is 0 Å². The molecule has 70 valence electrons. The molecule has 0 amide bonds. The summed E-state index contributed by atoms with van der Waals surface area (Å²) in [5.41, 5.74) is 0.718. The molecule has 1 nitrogen and oxygen atoms in total. The molecule has 2 rings (SSSR count). The van der Waals surface area contributed by atoms with Crippen LogP contribution in [0.25, 0.3) is 0 Å². The molecule has 1 saturated heterocycles. The highest BCUT2D eigenvalue weighted by molar-refractivity contribution is 4.90. The smallest absolute Gasteiger partial charge is 0.000791 e. The van der Waals surface area contributed by atoms with Crippen LogP contribution < -0.4 is 5.32 Å². The predicted molar refractivity (Wildman–Crippen MR) is 52.2 cm³/mol. The molecule has 1 heterocycles. The first kappa shape index (κ1) is 8.55. The average molecular weight is 167 g/mol. The lowest BCUT2D eigenvalue weighted by molar-refractivity contribution is 0.263. The lowest BCUT2D eigenvalue weighted by atomic mass is 9.81. The summed E-state index contributed by atoms with van der Waals surface area (Å²) in [4.78, 5) is 0. The molecule has 1 aliphatic carbocycles. The van der Waals surface area contributed by atoms with Crippen LogP contribution in [-0.2, 0) is 0 Å². The summed E-state index contributed by atoms with van der Waals surface area (Å²) < 4.78 is 0. The van der Waals surface area contributed by atoms with E-state index in [1.165, 1.54) is 51.6 Å². The van der Waals surface area contributed by atoms with E-state index < -0.39 is 0 Å². The van der Waals surface area contributed by atoms with Crippen molar-refractivity contribution < 1.29 is 0 Å². The minimum atomic E-state index is 0.718. The van der Waals surface area contributed by atoms with Gasteiger partial charge in [0.15, 0.2) is 0 Å². The van der Waals surface area contributed by atoms with Crippen molar-refractivity contribution in [2.45, 2.75) is 45.4 Å². The molecular weight excluding hydrogens is 146 g/mol. The third kappa shape index (κ3) is 1.66. The van der Waals surface area contributed by atoms with Crippen molar-refractivity contribution in [3.05, 3.63) is 0 Å². The van der Waals surface area contributed by atoms with E-state index in [4.69, 9.17) is 0 Å². The Kier molecular flexibility index (Phi) is 2.40. The summed E-state index contributed by atoms with van der Waals surface area (Å²) >= 11 is 0. The zero-order chi connectivity index (χ0) is 8.44. The van der Waals surface area contributed by atoms with Crippen LogP contribution in [-0.4, -0.2) is 13.1 Å². The summed E-state index contributed by atoms with van der Waals surface area (Å²) in [6.45, 7) is 4.98. The molecule has 0 aromatic carbocycles. The molecule has 0 bridgehead atoms. The summed E-state index contributed by atoms with van der Waals surface area (Å²) in [6, 6.07) is 0. The molecule has 2 fully saturated rings. The third-order valence-electron chi connectivity index (χ3n) is 3.76. The predicted octanol–water partition coefficient (Wildman–Crippen LogP) is 2.57. The Morgan fingerprint density at radius 2 is 2.17 bits per heavy atom. The highest BCUT2D eigenvalue weighted by atomic mass is 14.9. The van der Waals surface area contributed by atoms with E-state index in [0.29, 0.717) is 0 Å². The molecule has 1 aliphatic heterocycles. The van der Waals surface area contributed by atoms with Gasteiger partial charge < -0.3 is 5.32 Å². The SMILES string of the molecule is C[C@@H]1CC[C@]2(CCCCNC2)C1. The van der Waals surface area contributed by atoms with Gasteiger partial charge in [-0.25, -0.2) is 0 Å². The van der Waals surface area contributed by atoms with Gasteiger partial charge in [0, 0.05) is 6.54 Å². The van der Waals surface area contributed by atoms with E-state index in [1.807, 2.05) is 0 Å². The second kappa shape index (κ2) is 3.37. The number of hydrogen-bond donors (Lipinski definition) is 1. The van der Waals surface area contributed by atoms with E-state index in [-0.39, 0.29) is 0 Å². The van der Waals surface area contributed by atoms with Crippen LogP contribution in [0.3, 0.4) is 0 Å². The first-order chi connectivity index (χ1) is 5.81. The monoisotopic (exact) mass is 167 g/mol. The topological polar surface area (TPSA) is 12.0 Å². The van der Waals surface area contributed by atoms with Gasteiger partial charge in [0.05, 0.1) is 0 Å². The van der Waals surface area contributed by atoms with Gasteiger partial charge in [-0.1, -0.05) is 19.8 Å². The third-order valence-corrected chi connectivity index (χ3v) is 3.76. The van der Waals surface area contributed by atoms with E-state index in [2.05, 4.69) is 12.2 Å². The fourth-order valence-corrected chi connectivity index (χ4v) is 3.08. The van der Waals surface area contributed by atoms with Crippen LogP contribution in [0, 0.1) is 11.3 Å². The second-order valence-electron chi connectivity index (χ2n) is 4.98. The van der Waals surface area contributed by atoms with Gasteiger partial charge in [-0.2, -0.15) is 0 Å². The Bertz CT molecular complexity index is 145. The zero-order valence-corrected chi connectivity index (χ0v) is 8.23.